The Bertz CT molecular complexity index is 115. The molecular weight excluding hydrogens is 164 g/mol. The summed E-state index contributed by atoms with van der Waals surface area (Å²) in [6, 6.07) is 0. The van der Waals surface area contributed by atoms with Crippen molar-refractivity contribution in [1.29, 1.82) is 0 Å². The molecule has 0 bridgehead atoms. The van der Waals surface area contributed by atoms with Crippen molar-refractivity contribution in [3.63, 3.8) is 0 Å². The fourth-order valence-corrected chi connectivity index (χ4v) is 1.34. The minimum atomic E-state index is -0.311. The highest BCUT2D eigenvalue weighted by molar-refractivity contribution is 4.62. The molecule has 0 aliphatic carbocycles. The molecule has 0 saturated heterocycles. The van der Waals surface area contributed by atoms with E-state index in [0.717, 1.165) is 13.0 Å². The maximum absolute atomic E-state index is 9.44. The van der Waals surface area contributed by atoms with Crippen LogP contribution in [0.3, 0.4) is 0 Å². The number of aliphatic hydroxyl groups excluding tert-OH is 1. The number of hydrogen-bond acceptors (Lipinski definition) is 2. The molecule has 1 N–H and O–H groups in total. The van der Waals surface area contributed by atoms with Gasteiger partial charge in [0.25, 0.3) is 0 Å². The van der Waals surface area contributed by atoms with Crippen molar-refractivity contribution in [2.45, 2.75) is 59.2 Å². The first-order valence-corrected chi connectivity index (χ1v) is 5.41. The van der Waals surface area contributed by atoms with Gasteiger partial charge in [-0.05, 0) is 25.7 Å². The van der Waals surface area contributed by atoms with Gasteiger partial charge in [-0.1, -0.05) is 27.2 Å². The van der Waals surface area contributed by atoms with Gasteiger partial charge < -0.3 is 9.84 Å². The van der Waals surface area contributed by atoms with Gasteiger partial charge >= 0.3 is 0 Å². The third-order valence-electron chi connectivity index (χ3n) is 2.39. The van der Waals surface area contributed by atoms with Crippen molar-refractivity contribution in [3.05, 3.63) is 0 Å². The van der Waals surface area contributed by atoms with Gasteiger partial charge in [-0.15, -0.1) is 0 Å². The van der Waals surface area contributed by atoms with Crippen LogP contribution in [0.5, 0.6) is 0 Å². The zero-order valence-electron chi connectivity index (χ0n) is 9.42. The Balaban J connectivity index is 3.50. The first-order chi connectivity index (χ1) is 6.11. The van der Waals surface area contributed by atoms with E-state index in [-0.39, 0.29) is 12.2 Å². The van der Waals surface area contributed by atoms with E-state index in [1.54, 1.807) is 0 Å². The fraction of sp³-hybridized carbons (Fsp3) is 1.00. The van der Waals surface area contributed by atoms with Gasteiger partial charge in [-0.3, -0.25) is 0 Å². The van der Waals surface area contributed by atoms with E-state index in [4.69, 9.17) is 4.74 Å². The van der Waals surface area contributed by atoms with Crippen molar-refractivity contribution < 1.29 is 9.84 Å². The largest absolute Gasteiger partial charge is 0.390 e. The van der Waals surface area contributed by atoms with Crippen LogP contribution in [0.25, 0.3) is 0 Å². The van der Waals surface area contributed by atoms with Crippen molar-refractivity contribution in [3.8, 4) is 0 Å². The quantitative estimate of drug-likeness (QED) is 0.665. The summed E-state index contributed by atoms with van der Waals surface area (Å²) in [6.45, 7) is 9.05. The molecule has 0 spiro atoms. The number of ether oxygens (including phenoxy) is 1. The molecule has 13 heavy (non-hydrogen) atoms. The van der Waals surface area contributed by atoms with Crippen molar-refractivity contribution in [2.75, 3.05) is 6.61 Å². The smallest absolute Gasteiger partial charge is 0.0805 e. The molecule has 0 fully saturated rings. The van der Waals surface area contributed by atoms with Gasteiger partial charge in [0.05, 0.1) is 12.2 Å². The summed E-state index contributed by atoms with van der Waals surface area (Å²) in [5, 5.41) is 9.44. The van der Waals surface area contributed by atoms with Gasteiger partial charge in [0.1, 0.15) is 0 Å². The lowest BCUT2D eigenvalue weighted by atomic mass is 10.1. The second-order valence-electron chi connectivity index (χ2n) is 3.91. The highest BCUT2D eigenvalue weighted by atomic mass is 16.5. The van der Waals surface area contributed by atoms with Gasteiger partial charge in [0.2, 0.25) is 0 Å². The van der Waals surface area contributed by atoms with Crippen LogP contribution < -0.4 is 0 Å². The summed E-state index contributed by atoms with van der Waals surface area (Å²) in [6.07, 6.45) is 2.84. The molecule has 0 rings (SSSR count). The van der Waals surface area contributed by atoms with Crippen molar-refractivity contribution >= 4 is 0 Å². The zero-order chi connectivity index (χ0) is 10.3. The minimum Gasteiger partial charge on any atom is -0.390 e. The molecule has 80 valence electrons. The van der Waals surface area contributed by atoms with Crippen molar-refractivity contribution in [1.82, 2.24) is 0 Å². The molecule has 0 aromatic rings. The molecule has 0 saturated carbocycles. The number of rotatable bonds is 7. The molecule has 2 nitrogen and oxygen atoms in total. The van der Waals surface area contributed by atoms with Gasteiger partial charge in [0, 0.05) is 6.61 Å². The highest BCUT2D eigenvalue weighted by Gasteiger charge is 2.13. The van der Waals surface area contributed by atoms with Gasteiger partial charge in [-0.25, -0.2) is 0 Å². The fourth-order valence-electron chi connectivity index (χ4n) is 1.34. The second kappa shape index (κ2) is 7.34. The Labute approximate surface area is 82.3 Å². The summed E-state index contributed by atoms with van der Waals surface area (Å²) >= 11 is 0. The molecule has 0 heterocycles. The summed E-state index contributed by atoms with van der Waals surface area (Å²) in [4.78, 5) is 0. The lowest BCUT2D eigenvalue weighted by Gasteiger charge is -2.20. The maximum atomic E-state index is 9.44. The van der Waals surface area contributed by atoms with Crippen LogP contribution in [-0.2, 0) is 4.74 Å². The van der Waals surface area contributed by atoms with Crippen LogP contribution >= 0.6 is 0 Å². The maximum Gasteiger partial charge on any atom is 0.0805 e. The Kier molecular flexibility index (Phi) is 7.29. The SMILES string of the molecule is CCCC(C)COC(C)C(O)CC. The second-order valence-corrected chi connectivity index (χ2v) is 3.91. The number of aliphatic hydroxyl groups is 1. The van der Waals surface area contributed by atoms with Crippen LogP contribution in [0.15, 0.2) is 0 Å². The molecule has 2 heteroatoms. The standard InChI is InChI=1S/C11H24O2/c1-5-7-9(3)8-13-10(4)11(12)6-2/h9-12H,5-8H2,1-4H3. The Hall–Kier alpha value is -0.0800. The predicted molar refractivity (Wildman–Crippen MR) is 55.8 cm³/mol. The Morgan fingerprint density at radius 1 is 1.23 bits per heavy atom. The average Bonchev–Trinajstić information content (AvgIpc) is 2.13. The molecule has 0 aliphatic heterocycles. The van der Waals surface area contributed by atoms with Crippen LogP contribution in [0.1, 0.15) is 47.0 Å². The van der Waals surface area contributed by atoms with E-state index < -0.39 is 0 Å². The molecule has 0 aliphatic rings. The van der Waals surface area contributed by atoms with E-state index in [1.165, 1.54) is 12.8 Å². The molecule has 3 unspecified atom stereocenters. The van der Waals surface area contributed by atoms with Crippen LogP contribution in [0.4, 0.5) is 0 Å². The van der Waals surface area contributed by atoms with Crippen molar-refractivity contribution in [2.24, 2.45) is 5.92 Å². The van der Waals surface area contributed by atoms with E-state index in [0.29, 0.717) is 5.92 Å². The van der Waals surface area contributed by atoms with Gasteiger partial charge in [0.15, 0.2) is 0 Å². The van der Waals surface area contributed by atoms with E-state index in [2.05, 4.69) is 13.8 Å². The average molecular weight is 188 g/mol. The number of hydrogen-bond donors (Lipinski definition) is 1. The summed E-state index contributed by atoms with van der Waals surface area (Å²) in [5.41, 5.74) is 0. The summed E-state index contributed by atoms with van der Waals surface area (Å²) in [5.74, 6) is 0.608. The normalized spacial score (nSPS) is 18.2. The van der Waals surface area contributed by atoms with Crippen LogP contribution in [0.2, 0.25) is 0 Å². The first kappa shape index (κ1) is 12.9. The molecule has 0 aromatic carbocycles. The monoisotopic (exact) mass is 188 g/mol. The topological polar surface area (TPSA) is 29.5 Å². The lowest BCUT2D eigenvalue weighted by Crippen LogP contribution is -2.26. The Morgan fingerprint density at radius 3 is 2.31 bits per heavy atom. The van der Waals surface area contributed by atoms with Crippen LogP contribution in [0, 0.1) is 5.92 Å². The van der Waals surface area contributed by atoms with E-state index in [1.807, 2.05) is 13.8 Å². The summed E-state index contributed by atoms with van der Waals surface area (Å²) in [7, 11) is 0. The first-order valence-electron chi connectivity index (χ1n) is 5.41. The molecule has 0 aromatic heterocycles. The third-order valence-corrected chi connectivity index (χ3v) is 2.39. The Morgan fingerprint density at radius 2 is 1.85 bits per heavy atom. The van der Waals surface area contributed by atoms with E-state index in [9.17, 15) is 5.11 Å². The summed E-state index contributed by atoms with van der Waals surface area (Å²) < 4.78 is 5.56. The van der Waals surface area contributed by atoms with Gasteiger partial charge in [-0.2, -0.15) is 0 Å². The molecule has 0 radical (unpaired) electrons. The molecule has 0 amide bonds. The van der Waals surface area contributed by atoms with E-state index >= 15 is 0 Å². The minimum absolute atomic E-state index is 0.0238. The zero-order valence-corrected chi connectivity index (χ0v) is 9.42. The molecular formula is C11H24O2. The highest BCUT2D eigenvalue weighted by Crippen LogP contribution is 2.09. The third kappa shape index (κ3) is 6.05. The lowest BCUT2D eigenvalue weighted by molar-refractivity contribution is -0.0392. The predicted octanol–water partition coefficient (Wildman–Crippen LogP) is 2.60. The van der Waals surface area contributed by atoms with Crippen LogP contribution in [-0.4, -0.2) is 23.9 Å². The molecule has 3 atom stereocenters.